The van der Waals surface area contributed by atoms with Crippen molar-refractivity contribution < 1.29 is 4.42 Å². The molecule has 0 unspecified atom stereocenters. The SMILES string of the molecule is CC(C)(C)c1ccc(Nc2cc3sc4ccccc4c3cc2-c2ccc3c4cc5sc6ccccc6c5cc4n4c3c2[B]c2cc3occ(-c5ccccc5)c3cc2-4)cc1. The van der Waals surface area contributed by atoms with Crippen LogP contribution in [0.15, 0.2) is 162 Å². The summed E-state index contributed by atoms with van der Waals surface area (Å²) in [6.45, 7) is 6.80. The van der Waals surface area contributed by atoms with Crippen LogP contribution in [0, 0.1) is 0 Å². The molecule has 4 aromatic heterocycles. The standard InChI is InChI=1S/C54H36BN2OS2/c1-54(2,3)31-17-19-32(20-18-31)56-44-28-51-40(33-13-7-9-15-48(33)60-51)23-37(44)35-21-22-36-38-26-50-41(34-14-8-10-16-49(34)59-50)25-45(38)57-46-24-39-42(30-11-5-4-6-12-30)29-58-47(39)27-43(46)55-52(35)53(36)57/h4-29,56H,1-3H3. The minimum Gasteiger partial charge on any atom is -0.464 e. The number of hydrogen-bond donors (Lipinski definition) is 1. The molecule has 0 spiro atoms. The van der Waals surface area contributed by atoms with Crippen LogP contribution < -0.4 is 16.2 Å². The van der Waals surface area contributed by atoms with Crippen LogP contribution in [0.1, 0.15) is 26.3 Å². The Hall–Kier alpha value is -6.60. The van der Waals surface area contributed by atoms with Gasteiger partial charge in [-0.25, -0.2) is 0 Å². The van der Waals surface area contributed by atoms with E-state index in [9.17, 15) is 0 Å². The van der Waals surface area contributed by atoms with E-state index in [0.29, 0.717) is 0 Å². The van der Waals surface area contributed by atoms with Gasteiger partial charge >= 0.3 is 0 Å². The molecule has 13 rings (SSSR count). The number of thiophene rings is 2. The molecule has 0 atom stereocenters. The first-order valence-electron chi connectivity index (χ1n) is 20.6. The number of benzene rings is 8. The number of rotatable bonds is 4. The number of nitrogens with zero attached hydrogens (tertiary/aromatic N) is 1. The summed E-state index contributed by atoms with van der Waals surface area (Å²) in [5, 5.41) is 12.7. The van der Waals surface area contributed by atoms with Gasteiger partial charge in [0.15, 0.2) is 7.28 Å². The van der Waals surface area contributed by atoms with Gasteiger partial charge in [0.2, 0.25) is 0 Å². The van der Waals surface area contributed by atoms with Crippen molar-refractivity contribution in [3.8, 4) is 27.9 Å². The summed E-state index contributed by atoms with van der Waals surface area (Å²) in [6, 6.07) is 56.2. The summed E-state index contributed by atoms with van der Waals surface area (Å²) < 4.78 is 14.1. The van der Waals surface area contributed by atoms with Gasteiger partial charge in [0, 0.05) is 90.2 Å². The molecule has 6 heteroatoms. The molecule has 1 radical (unpaired) electrons. The third-order valence-corrected chi connectivity index (χ3v) is 14.9. The molecule has 12 aromatic rings. The number of furan rings is 1. The summed E-state index contributed by atoms with van der Waals surface area (Å²) >= 11 is 3.74. The molecule has 1 N–H and O–H groups in total. The Balaban J connectivity index is 1.10. The van der Waals surface area contributed by atoms with Gasteiger partial charge in [-0.3, -0.25) is 0 Å². The van der Waals surface area contributed by atoms with E-state index in [1.54, 1.807) is 0 Å². The van der Waals surface area contributed by atoms with Crippen LogP contribution in [0.3, 0.4) is 0 Å². The van der Waals surface area contributed by atoms with Crippen molar-refractivity contribution in [3.05, 3.63) is 163 Å². The first-order chi connectivity index (χ1) is 29.3. The van der Waals surface area contributed by atoms with Gasteiger partial charge in [-0.15, -0.1) is 22.7 Å². The van der Waals surface area contributed by atoms with Crippen LogP contribution in [0.25, 0.3) is 101 Å². The molecule has 283 valence electrons. The van der Waals surface area contributed by atoms with Crippen molar-refractivity contribution in [1.82, 2.24) is 4.57 Å². The maximum atomic E-state index is 6.37. The minimum atomic E-state index is 0.0783. The highest BCUT2D eigenvalue weighted by Gasteiger charge is 2.29. The largest absolute Gasteiger partial charge is 0.464 e. The van der Waals surface area contributed by atoms with Crippen LogP contribution in [0.4, 0.5) is 11.4 Å². The Morgan fingerprint density at radius 3 is 2.00 bits per heavy atom. The predicted molar refractivity (Wildman–Crippen MR) is 261 cm³/mol. The number of fused-ring (bicyclic) bond motifs is 12. The van der Waals surface area contributed by atoms with Crippen LogP contribution in [-0.2, 0) is 5.41 Å². The molecule has 0 amide bonds. The highest BCUT2D eigenvalue weighted by Crippen LogP contribution is 2.45. The van der Waals surface area contributed by atoms with Crippen LogP contribution >= 0.6 is 22.7 Å². The monoisotopic (exact) mass is 803 g/mol. The van der Waals surface area contributed by atoms with Gasteiger partial charge in [0.05, 0.1) is 11.8 Å². The lowest BCUT2D eigenvalue weighted by Crippen LogP contribution is -2.37. The second-order valence-electron chi connectivity index (χ2n) is 17.2. The molecule has 5 heterocycles. The first-order valence-corrected chi connectivity index (χ1v) is 22.2. The Labute approximate surface area is 355 Å². The Morgan fingerprint density at radius 2 is 1.25 bits per heavy atom. The average Bonchev–Trinajstić information content (AvgIpc) is 4.03. The highest BCUT2D eigenvalue weighted by atomic mass is 32.1. The molecular weight excluding hydrogens is 768 g/mol. The van der Waals surface area contributed by atoms with E-state index in [1.807, 2.05) is 28.9 Å². The lowest BCUT2D eigenvalue weighted by molar-refractivity contribution is 0.590. The predicted octanol–water partition coefficient (Wildman–Crippen LogP) is 14.6. The summed E-state index contributed by atoms with van der Waals surface area (Å²) in [4.78, 5) is 0. The molecule has 0 fully saturated rings. The number of hydrogen-bond acceptors (Lipinski definition) is 4. The maximum Gasteiger partial charge on any atom is 0.198 e. The third-order valence-electron chi connectivity index (χ3n) is 12.7. The summed E-state index contributed by atoms with van der Waals surface area (Å²) in [5.41, 5.74) is 15.0. The lowest BCUT2D eigenvalue weighted by atomic mass is 9.59. The Kier molecular flexibility index (Phi) is 7.12. The second kappa shape index (κ2) is 12.5. The van der Waals surface area contributed by atoms with Crippen molar-refractivity contribution in [2.75, 3.05) is 5.32 Å². The summed E-state index contributed by atoms with van der Waals surface area (Å²) in [7, 11) is 2.41. The minimum absolute atomic E-state index is 0.0783. The first kappa shape index (κ1) is 34.3. The van der Waals surface area contributed by atoms with Crippen molar-refractivity contribution in [2.45, 2.75) is 26.2 Å². The molecule has 0 bridgehead atoms. The average molecular weight is 804 g/mol. The van der Waals surface area contributed by atoms with E-state index in [4.69, 9.17) is 4.42 Å². The van der Waals surface area contributed by atoms with Gasteiger partial charge < -0.3 is 14.3 Å². The maximum absolute atomic E-state index is 6.37. The normalized spacial score (nSPS) is 12.7. The quantitative estimate of drug-likeness (QED) is 0.180. The van der Waals surface area contributed by atoms with E-state index < -0.39 is 0 Å². The van der Waals surface area contributed by atoms with Crippen molar-refractivity contribution in [1.29, 1.82) is 0 Å². The molecule has 0 saturated heterocycles. The molecule has 0 aliphatic carbocycles. The zero-order chi connectivity index (χ0) is 39.9. The Bertz CT molecular complexity index is 3750. The fraction of sp³-hybridized carbons (Fsp3) is 0.0741. The van der Waals surface area contributed by atoms with Crippen LogP contribution in [0.5, 0.6) is 0 Å². The van der Waals surface area contributed by atoms with Crippen LogP contribution in [-0.4, -0.2) is 11.8 Å². The van der Waals surface area contributed by atoms with Crippen molar-refractivity contribution >= 4 is 125 Å². The third kappa shape index (κ3) is 5.01. The lowest BCUT2D eigenvalue weighted by Gasteiger charge is -2.24. The summed E-state index contributed by atoms with van der Waals surface area (Å²) in [5.74, 6) is 0. The number of anilines is 2. The molecule has 1 aliphatic heterocycles. The molecule has 1 aliphatic rings. The summed E-state index contributed by atoms with van der Waals surface area (Å²) in [6.07, 6.45) is 1.92. The van der Waals surface area contributed by atoms with E-state index >= 15 is 0 Å². The zero-order valence-electron chi connectivity index (χ0n) is 33.3. The van der Waals surface area contributed by atoms with E-state index in [0.717, 1.165) is 38.9 Å². The molecule has 3 nitrogen and oxygen atoms in total. The zero-order valence-corrected chi connectivity index (χ0v) is 34.9. The second-order valence-corrected chi connectivity index (χ2v) is 19.4. The topological polar surface area (TPSA) is 30.1 Å². The highest BCUT2D eigenvalue weighted by molar-refractivity contribution is 7.26. The van der Waals surface area contributed by atoms with Gasteiger partial charge in [-0.1, -0.05) is 117 Å². The Morgan fingerprint density at radius 1 is 0.550 bits per heavy atom. The van der Waals surface area contributed by atoms with Crippen molar-refractivity contribution in [2.24, 2.45) is 0 Å². The van der Waals surface area contributed by atoms with E-state index in [-0.39, 0.29) is 5.41 Å². The van der Waals surface area contributed by atoms with Gasteiger partial charge in [-0.05, 0) is 88.2 Å². The van der Waals surface area contributed by atoms with Crippen LogP contribution in [0.2, 0.25) is 0 Å². The number of aromatic nitrogens is 1. The van der Waals surface area contributed by atoms with Gasteiger partial charge in [0.25, 0.3) is 0 Å². The smallest absolute Gasteiger partial charge is 0.198 e. The van der Waals surface area contributed by atoms with Gasteiger partial charge in [0.1, 0.15) is 5.58 Å². The van der Waals surface area contributed by atoms with Crippen molar-refractivity contribution in [3.63, 3.8) is 0 Å². The van der Waals surface area contributed by atoms with E-state index in [2.05, 4.69) is 190 Å². The fourth-order valence-electron chi connectivity index (χ4n) is 9.67. The molecule has 0 saturated carbocycles. The van der Waals surface area contributed by atoms with E-state index in [1.165, 1.54) is 90.0 Å². The fourth-order valence-corrected chi connectivity index (χ4v) is 11.9. The van der Waals surface area contributed by atoms with Gasteiger partial charge in [-0.2, -0.15) is 0 Å². The molecule has 60 heavy (non-hydrogen) atoms. The number of nitrogens with one attached hydrogen (secondary N) is 1. The molecular formula is C54H36BN2OS2. The molecule has 8 aromatic carbocycles.